The van der Waals surface area contributed by atoms with Gasteiger partial charge in [-0.2, -0.15) is 5.10 Å². The largest absolute Gasteiger partial charge is 0.270 e. The molecular formula is C12H18N2O. The van der Waals surface area contributed by atoms with Gasteiger partial charge in [0.25, 0.3) is 5.56 Å². The fourth-order valence-corrected chi connectivity index (χ4v) is 1.96. The Morgan fingerprint density at radius 3 is 2.80 bits per heavy atom. The fourth-order valence-electron chi connectivity index (χ4n) is 1.96. The van der Waals surface area contributed by atoms with Crippen molar-refractivity contribution in [1.82, 2.24) is 9.78 Å². The van der Waals surface area contributed by atoms with E-state index in [1.807, 2.05) is 6.20 Å². The van der Waals surface area contributed by atoms with Gasteiger partial charge in [-0.15, -0.1) is 0 Å². The van der Waals surface area contributed by atoms with Gasteiger partial charge in [0.1, 0.15) is 0 Å². The van der Waals surface area contributed by atoms with Crippen LogP contribution in [0.4, 0.5) is 0 Å². The number of hydrogen-bond donors (Lipinski definition) is 0. The topological polar surface area (TPSA) is 34.9 Å². The Kier molecular flexibility index (Phi) is 2.63. The summed E-state index contributed by atoms with van der Waals surface area (Å²) in [5.74, 6) is 0.956. The van der Waals surface area contributed by atoms with Crippen molar-refractivity contribution in [3.63, 3.8) is 0 Å². The second kappa shape index (κ2) is 3.80. The number of hydrogen-bond acceptors (Lipinski definition) is 2. The van der Waals surface area contributed by atoms with E-state index in [2.05, 4.69) is 18.9 Å². The van der Waals surface area contributed by atoms with Crippen molar-refractivity contribution in [3.05, 3.63) is 27.7 Å². The lowest BCUT2D eigenvalue weighted by Crippen LogP contribution is -2.25. The third kappa shape index (κ3) is 1.83. The molecule has 0 bridgehead atoms. The van der Waals surface area contributed by atoms with Crippen LogP contribution in [0, 0.1) is 0 Å². The standard InChI is InChI=1S/C12H18N2O/c1-4-8(2)10-7-13-14(3)12(15)11(10)9-5-6-9/h7-9H,4-6H2,1-3H3. The minimum atomic E-state index is 0.107. The summed E-state index contributed by atoms with van der Waals surface area (Å²) in [7, 11) is 1.73. The van der Waals surface area contributed by atoms with Gasteiger partial charge in [0.15, 0.2) is 0 Å². The second-order valence-electron chi connectivity index (χ2n) is 4.53. The summed E-state index contributed by atoms with van der Waals surface area (Å²) in [5, 5.41) is 4.12. The SMILES string of the molecule is CCC(C)c1cnn(C)c(=O)c1C1CC1. The lowest BCUT2D eigenvalue weighted by atomic mass is 9.94. The van der Waals surface area contributed by atoms with Crippen LogP contribution in [0.15, 0.2) is 11.0 Å². The van der Waals surface area contributed by atoms with Crippen LogP contribution in [0.1, 0.15) is 56.1 Å². The van der Waals surface area contributed by atoms with Gasteiger partial charge in [-0.1, -0.05) is 13.8 Å². The molecule has 0 spiro atoms. The summed E-state index contributed by atoms with van der Waals surface area (Å²) in [6.07, 6.45) is 5.28. The Balaban J connectivity index is 2.54. The molecule has 1 saturated carbocycles. The molecule has 82 valence electrons. The Bertz CT molecular complexity index is 418. The zero-order valence-corrected chi connectivity index (χ0v) is 9.66. The van der Waals surface area contributed by atoms with E-state index < -0.39 is 0 Å². The third-order valence-electron chi connectivity index (χ3n) is 3.33. The van der Waals surface area contributed by atoms with Crippen molar-refractivity contribution < 1.29 is 0 Å². The zero-order chi connectivity index (χ0) is 11.0. The fraction of sp³-hybridized carbons (Fsp3) is 0.667. The molecule has 0 amide bonds. The number of rotatable bonds is 3. The Hall–Kier alpha value is -1.12. The molecule has 1 heterocycles. The molecule has 1 atom stereocenters. The maximum Gasteiger partial charge on any atom is 0.270 e. The van der Waals surface area contributed by atoms with E-state index in [1.54, 1.807) is 7.05 Å². The molecule has 1 aromatic rings. The summed E-state index contributed by atoms with van der Waals surface area (Å²) >= 11 is 0. The average molecular weight is 206 g/mol. The lowest BCUT2D eigenvalue weighted by molar-refractivity contribution is 0.649. The van der Waals surface area contributed by atoms with Crippen LogP contribution in [-0.4, -0.2) is 9.78 Å². The molecule has 3 heteroatoms. The third-order valence-corrected chi connectivity index (χ3v) is 3.33. The minimum absolute atomic E-state index is 0.107. The number of nitrogens with zero attached hydrogens (tertiary/aromatic N) is 2. The molecule has 1 aromatic heterocycles. The Morgan fingerprint density at radius 2 is 2.27 bits per heavy atom. The van der Waals surface area contributed by atoms with E-state index in [9.17, 15) is 4.79 Å². The van der Waals surface area contributed by atoms with Crippen LogP contribution in [0.2, 0.25) is 0 Å². The first-order valence-electron chi connectivity index (χ1n) is 5.71. The van der Waals surface area contributed by atoms with Crippen LogP contribution in [-0.2, 0) is 7.05 Å². The summed E-state index contributed by atoms with van der Waals surface area (Å²) in [6, 6.07) is 0. The predicted molar refractivity (Wildman–Crippen MR) is 60.2 cm³/mol. The average Bonchev–Trinajstić information content (AvgIpc) is 3.04. The molecule has 1 aliphatic rings. The Labute approximate surface area is 90.1 Å². The lowest BCUT2D eigenvalue weighted by Gasteiger charge is -2.14. The smallest absolute Gasteiger partial charge is 0.267 e. The van der Waals surface area contributed by atoms with Gasteiger partial charge in [-0.05, 0) is 36.7 Å². The van der Waals surface area contributed by atoms with Crippen molar-refractivity contribution in [3.8, 4) is 0 Å². The molecule has 3 nitrogen and oxygen atoms in total. The van der Waals surface area contributed by atoms with Crippen LogP contribution in [0.25, 0.3) is 0 Å². The first-order valence-corrected chi connectivity index (χ1v) is 5.71. The molecule has 0 radical (unpaired) electrons. The molecule has 0 aliphatic heterocycles. The second-order valence-corrected chi connectivity index (χ2v) is 4.53. The zero-order valence-electron chi connectivity index (χ0n) is 9.66. The van der Waals surface area contributed by atoms with Crippen molar-refractivity contribution in [2.24, 2.45) is 7.05 Å². The van der Waals surface area contributed by atoms with Crippen molar-refractivity contribution in [1.29, 1.82) is 0 Å². The Morgan fingerprint density at radius 1 is 1.60 bits per heavy atom. The highest BCUT2D eigenvalue weighted by Gasteiger charge is 2.30. The van der Waals surface area contributed by atoms with Crippen LogP contribution >= 0.6 is 0 Å². The van der Waals surface area contributed by atoms with Crippen molar-refractivity contribution in [2.45, 2.75) is 44.9 Å². The monoisotopic (exact) mass is 206 g/mol. The van der Waals surface area contributed by atoms with Gasteiger partial charge < -0.3 is 0 Å². The quantitative estimate of drug-likeness (QED) is 0.759. The molecular weight excluding hydrogens is 188 g/mol. The first kappa shape index (κ1) is 10.4. The summed E-state index contributed by atoms with van der Waals surface area (Å²) in [6.45, 7) is 4.32. The van der Waals surface area contributed by atoms with E-state index in [0.717, 1.165) is 12.0 Å². The highest BCUT2D eigenvalue weighted by molar-refractivity contribution is 5.31. The molecule has 0 saturated heterocycles. The van der Waals surface area contributed by atoms with Crippen molar-refractivity contribution >= 4 is 0 Å². The van der Waals surface area contributed by atoms with Gasteiger partial charge in [0.2, 0.25) is 0 Å². The summed E-state index contributed by atoms with van der Waals surface area (Å²) < 4.78 is 1.46. The first-order chi connectivity index (χ1) is 7.15. The minimum Gasteiger partial charge on any atom is -0.267 e. The van der Waals surface area contributed by atoms with Crippen molar-refractivity contribution in [2.75, 3.05) is 0 Å². The highest BCUT2D eigenvalue weighted by atomic mass is 16.1. The predicted octanol–water partition coefficient (Wildman–Crippen LogP) is 2.17. The van der Waals surface area contributed by atoms with E-state index in [0.29, 0.717) is 11.8 Å². The molecule has 2 rings (SSSR count). The van der Waals surface area contributed by atoms with E-state index >= 15 is 0 Å². The van der Waals surface area contributed by atoms with Crippen LogP contribution in [0.3, 0.4) is 0 Å². The van der Waals surface area contributed by atoms with E-state index in [1.165, 1.54) is 23.1 Å². The number of aryl methyl sites for hydroxylation is 1. The van der Waals surface area contributed by atoms with Gasteiger partial charge >= 0.3 is 0 Å². The maximum absolute atomic E-state index is 12.0. The number of aromatic nitrogens is 2. The van der Waals surface area contributed by atoms with Crippen LogP contribution < -0.4 is 5.56 Å². The molecule has 15 heavy (non-hydrogen) atoms. The summed E-state index contributed by atoms with van der Waals surface area (Å²) in [5.41, 5.74) is 2.31. The molecule has 0 N–H and O–H groups in total. The van der Waals surface area contributed by atoms with Crippen LogP contribution in [0.5, 0.6) is 0 Å². The van der Waals surface area contributed by atoms with Gasteiger partial charge in [0.05, 0.1) is 6.20 Å². The van der Waals surface area contributed by atoms with E-state index in [-0.39, 0.29) is 5.56 Å². The molecule has 1 unspecified atom stereocenters. The molecule has 0 aromatic carbocycles. The normalized spacial score (nSPS) is 17.8. The van der Waals surface area contributed by atoms with Gasteiger partial charge in [-0.25, -0.2) is 4.68 Å². The van der Waals surface area contributed by atoms with E-state index in [4.69, 9.17) is 0 Å². The van der Waals surface area contributed by atoms with Gasteiger partial charge in [-0.3, -0.25) is 4.79 Å². The molecule has 1 aliphatic carbocycles. The molecule has 1 fully saturated rings. The highest BCUT2D eigenvalue weighted by Crippen LogP contribution is 2.41. The maximum atomic E-state index is 12.0. The summed E-state index contributed by atoms with van der Waals surface area (Å²) in [4.78, 5) is 12.0. The van der Waals surface area contributed by atoms with Gasteiger partial charge in [0, 0.05) is 12.6 Å².